The summed E-state index contributed by atoms with van der Waals surface area (Å²) < 4.78 is 0. The number of para-hydroxylation sites is 1. The number of amides is 1. The van der Waals surface area contributed by atoms with E-state index in [-0.39, 0.29) is 5.91 Å². The van der Waals surface area contributed by atoms with E-state index in [4.69, 9.17) is 0 Å². The molecule has 0 N–H and O–H groups in total. The van der Waals surface area contributed by atoms with Crippen LogP contribution in [0.3, 0.4) is 0 Å². The van der Waals surface area contributed by atoms with Gasteiger partial charge in [0.15, 0.2) is 0 Å². The number of thiophene rings is 1. The molecule has 26 heavy (non-hydrogen) atoms. The minimum atomic E-state index is 0.156. The molecule has 4 rings (SSSR count). The predicted molar refractivity (Wildman–Crippen MR) is 109 cm³/mol. The fraction of sp³-hybridized carbons (Fsp3) is 0.227. The number of piperazine rings is 1. The van der Waals surface area contributed by atoms with E-state index >= 15 is 0 Å². The van der Waals surface area contributed by atoms with Gasteiger partial charge in [0.1, 0.15) is 0 Å². The third-order valence-corrected chi connectivity index (χ3v) is 5.87. The monoisotopic (exact) mass is 362 g/mol. The lowest BCUT2D eigenvalue weighted by Crippen LogP contribution is -2.48. The van der Waals surface area contributed by atoms with Crippen LogP contribution in [0.1, 0.15) is 15.2 Å². The lowest BCUT2D eigenvalue weighted by molar-refractivity contribution is 0.0752. The normalized spacial score (nSPS) is 14.5. The van der Waals surface area contributed by atoms with Crippen molar-refractivity contribution >= 4 is 22.9 Å². The predicted octanol–water partition coefficient (Wildman–Crippen LogP) is 4.69. The third kappa shape index (κ3) is 3.25. The number of anilines is 1. The molecule has 2 aromatic carbocycles. The van der Waals surface area contributed by atoms with Crippen LogP contribution in [-0.4, -0.2) is 37.0 Å². The summed E-state index contributed by atoms with van der Waals surface area (Å²) in [7, 11) is 0. The summed E-state index contributed by atoms with van der Waals surface area (Å²) in [5.74, 6) is 0.156. The van der Waals surface area contributed by atoms with Gasteiger partial charge in [0.2, 0.25) is 0 Å². The standard InChI is InChI=1S/C22H22N2OS/c1-17-7-5-6-10-20(17)23-12-14-24(15-13-23)22(25)21-19(11-16-26-21)18-8-3-2-4-9-18/h2-11,16H,12-15H2,1H3. The minimum absolute atomic E-state index is 0.156. The molecule has 1 aliphatic heterocycles. The third-order valence-electron chi connectivity index (χ3n) is 4.97. The molecule has 0 aliphatic carbocycles. The van der Waals surface area contributed by atoms with Crippen molar-refractivity contribution in [1.29, 1.82) is 0 Å². The molecule has 1 aliphatic rings. The summed E-state index contributed by atoms with van der Waals surface area (Å²) in [5, 5.41) is 2.01. The van der Waals surface area contributed by atoms with Crippen LogP contribution in [0.15, 0.2) is 66.0 Å². The van der Waals surface area contributed by atoms with Crippen LogP contribution in [-0.2, 0) is 0 Å². The van der Waals surface area contributed by atoms with Gasteiger partial charge in [-0.3, -0.25) is 4.79 Å². The topological polar surface area (TPSA) is 23.6 Å². The Balaban J connectivity index is 1.48. The van der Waals surface area contributed by atoms with E-state index in [2.05, 4.69) is 54.3 Å². The molecule has 2 heterocycles. The highest BCUT2D eigenvalue weighted by atomic mass is 32.1. The first kappa shape index (κ1) is 16.9. The van der Waals surface area contributed by atoms with Crippen molar-refractivity contribution in [2.24, 2.45) is 0 Å². The second kappa shape index (κ2) is 7.34. The fourth-order valence-electron chi connectivity index (χ4n) is 3.53. The summed E-state index contributed by atoms with van der Waals surface area (Å²) >= 11 is 1.54. The Labute approximate surface area is 158 Å². The van der Waals surface area contributed by atoms with Gasteiger partial charge in [-0.25, -0.2) is 0 Å². The Kier molecular flexibility index (Phi) is 4.76. The molecule has 0 bridgehead atoms. The first-order valence-electron chi connectivity index (χ1n) is 8.97. The van der Waals surface area contributed by atoms with E-state index in [0.717, 1.165) is 42.2 Å². The van der Waals surface area contributed by atoms with Gasteiger partial charge < -0.3 is 9.80 Å². The number of rotatable bonds is 3. The Hall–Kier alpha value is -2.59. The van der Waals surface area contributed by atoms with Crippen LogP contribution in [0.4, 0.5) is 5.69 Å². The van der Waals surface area contributed by atoms with Crippen molar-refractivity contribution in [3.8, 4) is 11.1 Å². The first-order valence-corrected chi connectivity index (χ1v) is 9.85. The molecule has 0 atom stereocenters. The molecule has 3 nitrogen and oxygen atoms in total. The zero-order valence-electron chi connectivity index (χ0n) is 14.9. The summed E-state index contributed by atoms with van der Waals surface area (Å²) in [6, 6.07) is 20.7. The average molecular weight is 362 g/mol. The molecule has 1 fully saturated rings. The van der Waals surface area contributed by atoms with Crippen molar-refractivity contribution in [3.63, 3.8) is 0 Å². The quantitative estimate of drug-likeness (QED) is 0.675. The van der Waals surface area contributed by atoms with Gasteiger partial charge in [-0.1, -0.05) is 48.5 Å². The van der Waals surface area contributed by atoms with Crippen LogP contribution in [0, 0.1) is 6.92 Å². The highest BCUT2D eigenvalue weighted by Gasteiger charge is 2.25. The van der Waals surface area contributed by atoms with Crippen molar-refractivity contribution in [2.45, 2.75) is 6.92 Å². The van der Waals surface area contributed by atoms with E-state index in [9.17, 15) is 4.79 Å². The molecule has 1 saturated heterocycles. The molecule has 1 amide bonds. The zero-order chi connectivity index (χ0) is 17.9. The summed E-state index contributed by atoms with van der Waals surface area (Å²) in [4.78, 5) is 18.3. The van der Waals surface area contributed by atoms with E-state index in [1.54, 1.807) is 11.3 Å². The van der Waals surface area contributed by atoms with Gasteiger partial charge in [0.25, 0.3) is 5.91 Å². The maximum atomic E-state index is 13.1. The van der Waals surface area contributed by atoms with Crippen molar-refractivity contribution < 1.29 is 4.79 Å². The van der Waals surface area contributed by atoms with E-state index in [1.165, 1.54) is 11.3 Å². The maximum absolute atomic E-state index is 13.1. The molecule has 132 valence electrons. The highest BCUT2D eigenvalue weighted by Crippen LogP contribution is 2.30. The molecule has 4 heteroatoms. The van der Waals surface area contributed by atoms with Crippen molar-refractivity contribution in [2.75, 3.05) is 31.1 Å². The number of aryl methyl sites for hydroxylation is 1. The van der Waals surface area contributed by atoms with Crippen LogP contribution < -0.4 is 4.90 Å². The minimum Gasteiger partial charge on any atom is -0.368 e. The lowest BCUT2D eigenvalue weighted by atomic mass is 10.1. The first-order chi connectivity index (χ1) is 12.7. The van der Waals surface area contributed by atoms with Gasteiger partial charge in [-0.05, 0) is 35.6 Å². The number of nitrogens with zero attached hydrogens (tertiary/aromatic N) is 2. The van der Waals surface area contributed by atoms with Crippen LogP contribution in [0.25, 0.3) is 11.1 Å². The van der Waals surface area contributed by atoms with Gasteiger partial charge in [-0.2, -0.15) is 0 Å². The molecule has 0 spiro atoms. The van der Waals surface area contributed by atoms with Gasteiger partial charge in [0.05, 0.1) is 4.88 Å². The van der Waals surface area contributed by atoms with Crippen LogP contribution >= 0.6 is 11.3 Å². The van der Waals surface area contributed by atoms with Crippen molar-refractivity contribution in [1.82, 2.24) is 4.90 Å². The zero-order valence-corrected chi connectivity index (χ0v) is 15.7. The number of carbonyl (C=O) groups is 1. The SMILES string of the molecule is Cc1ccccc1N1CCN(C(=O)c2sccc2-c2ccccc2)CC1. The Bertz CT molecular complexity index is 895. The van der Waals surface area contributed by atoms with Crippen molar-refractivity contribution in [3.05, 3.63) is 76.5 Å². The highest BCUT2D eigenvalue weighted by molar-refractivity contribution is 7.12. The van der Waals surface area contributed by atoms with Gasteiger partial charge in [-0.15, -0.1) is 11.3 Å². The number of hydrogen-bond donors (Lipinski definition) is 0. The summed E-state index contributed by atoms with van der Waals surface area (Å²) in [6.45, 7) is 5.43. The fourth-order valence-corrected chi connectivity index (χ4v) is 4.42. The molecule has 0 radical (unpaired) electrons. The molecule has 1 aromatic heterocycles. The largest absolute Gasteiger partial charge is 0.368 e. The second-order valence-electron chi connectivity index (χ2n) is 6.60. The summed E-state index contributed by atoms with van der Waals surface area (Å²) in [6.07, 6.45) is 0. The maximum Gasteiger partial charge on any atom is 0.264 e. The van der Waals surface area contributed by atoms with E-state index < -0.39 is 0 Å². The Morgan fingerprint density at radius 2 is 1.58 bits per heavy atom. The number of benzene rings is 2. The smallest absolute Gasteiger partial charge is 0.264 e. The van der Waals surface area contributed by atoms with Crippen LogP contribution in [0.5, 0.6) is 0 Å². The number of carbonyl (C=O) groups excluding carboxylic acids is 1. The Morgan fingerprint density at radius 1 is 0.885 bits per heavy atom. The van der Waals surface area contributed by atoms with Gasteiger partial charge >= 0.3 is 0 Å². The molecular formula is C22H22N2OS. The lowest BCUT2D eigenvalue weighted by Gasteiger charge is -2.36. The summed E-state index contributed by atoms with van der Waals surface area (Å²) in [5.41, 5.74) is 4.72. The van der Waals surface area contributed by atoms with Gasteiger partial charge in [0, 0.05) is 37.4 Å². The molecule has 0 saturated carbocycles. The van der Waals surface area contributed by atoms with Crippen LogP contribution in [0.2, 0.25) is 0 Å². The Morgan fingerprint density at radius 3 is 2.31 bits per heavy atom. The molecule has 0 unspecified atom stereocenters. The van der Waals surface area contributed by atoms with E-state index in [0.29, 0.717) is 0 Å². The molecular weight excluding hydrogens is 340 g/mol. The van der Waals surface area contributed by atoms with E-state index in [1.807, 2.05) is 28.5 Å². The second-order valence-corrected chi connectivity index (χ2v) is 7.51. The number of hydrogen-bond acceptors (Lipinski definition) is 3. The average Bonchev–Trinajstić information content (AvgIpc) is 3.18. The molecule has 3 aromatic rings.